The number of hydrogen-bond donors (Lipinski definition) is 0. The molecule has 1 aliphatic rings. The van der Waals surface area contributed by atoms with E-state index >= 15 is 0 Å². The molecule has 0 spiro atoms. The van der Waals surface area contributed by atoms with Gasteiger partial charge >= 0.3 is 0 Å². The Morgan fingerprint density at radius 3 is 2.78 bits per heavy atom. The van der Waals surface area contributed by atoms with E-state index in [0.717, 1.165) is 12.6 Å². The van der Waals surface area contributed by atoms with Gasteiger partial charge in [-0.1, -0.05) is 6.42 Å². The number of hydrogen-bond acceptors (Lipinski definition) is 1. The van der Waals surface area contributed by atoms with Crippen LogP contribution in [0.2, 0.25) is 0 Å². The summed E-state index contributed by atoms with van der Waals surface area (Å²) in [4.78, 5) is 2.45. The second kappa shape index (κ2) is 3.21. The summed E-state index contributed by atoms with van der Waals surface area (Å²) in [6.07, 6.45) is 4.16. The summed E-state index contributed by atoms with van der Waals surface area (Å²) in [7, 11) is 0. The van der Waals surface area contributed by atoms with E-state index in [-0.39, 0.29) is 0 Å². The van der Waals surface area contributed by atoms with Gasteiger partial charge in [-0.2, -0.15) is 0 Å². The Labute approximate surface area is 58.0 Å². The van der Waals surface area contributed by atoms with Gasteiger partial charge in [0.2, 0.25) is 0 Å². The largest absolute Gasteiger partial charge is 0.301 e. The summed E-state index contributed by atoms with van der Waals surface area (Å²) in [6.45, 7) is 8.44. The van der Waals surface area contributed by atoms with E-state index in [1.165, 1.54) is 25.8 Å². The Bertz CT molecular complexity index is 80.6. The summed E-state index contributed by atoms with van der Waals surface area (Å²) in [5.41, 5.74) is 0. The first-order valence-electron chi connectivity index (χ1n) is 3.88. The Hall–Kier alpha value is -0.0400. The molecule has 1 heterocycles. The topological polar surface area (TPSA) is 3.24 Å². The van der Waals surface area contributed by atoms with Crippen molar-refractivity contribution in [1.29, 1.82) is 0 Å². The zero-order valence-corrected chi connectivity index (χ0v) is 6.27. The molecule has 1 heteroatoms. The van der Waals surface area contributed by atoms with E-state index in [1.54, 1.807) is 0 Å². The number of piperidine rings is 1. The van der Waals surface area contributed by atoms with Crippen LogP contribution in [0.25, 0.3) is 0 Å². The van der Waals surface area contributed by atoms with Crippen molar-refractivity contribution in [3.63, 3.8) is 0 Å². The molecule has 1 nitrogen and oxygen atoms in total. The van der Waals surface area contributed by atoms with Crippen LogP contribution in [0.15, 0.2) is 0 Å². The van der Waals surface area contributed by atoms with Gasteiger partial charge in [0, 0.05) is 6.04 Å². The third-order valence-corrected chi connectivity index (χ3v) is 2.23. The van der Waals surface area contributed by atoms with E-state index in [0.29, 0.717) is 0 Å². The third kappa shape index (κ3) is 1.68. The van der Waals surface area contributed by atoms with Crippen LogP contribution >= 0.6 is 0 Å². The molecule has 0 saturated carbocycles. The number of nitrogens with zero attached hydrogens (tertiary/aromatic N) is 1. The molecule has 1 fully saturated rings. The Morgan fingerprint density at radius 1 is 1.56 bits per heavy atom. The average Bonchev–Trinajstić information content (AvgIpc) is 1.89. The molecule has 0 N–H and O–H groups in total. The van der Waals surface area contributed by atoms with E-state index in [4.69, 9.17) is 0 Å². The molecule has 9 heavy (non-hydrogen) atoms. The Balaban J connectivity index is 2.30. The van der Waals surface area contributed by atoms with Crippen LogP contribution in [-0.4, -0.2) is 24.0 Å². The van der Waals surface area contributed by atoms with Crippen molar-refractivity contribution in [1.82, 2.24) is 4.90 Å². The van der Waals surface area contributed by atoms with Crippen molar-refractivity contribution in [2.45, 2.75) is 32.2 Å². The minimum atomic E-state index is 0.788. The van der Waals surface area contributed by atoms with Crippen molar-refractivity contribution in [2.75, 3.05) is 13.1 Å². The van der Waals surface area contributed by atoms with Gasteiger partial charge < -0.3 is 4.90 Å². The predicted octanol–water partition coefficient (Wildman–Crippen LogP) is 1.69. The van der Waals surface area contributed by atoms with Crippen LogP contribution in [0.4, 0.5) is 0 Å². The minimum Gasteiger partial charge on any atom is -0.301 e. The molecule has 0 unspecified atom stereocenters. The van der Waals surface area contributed by atoms with Gasteiger partial charge in [-0.3, -0.25) is 0 Å². The molecule has 1 rings (SSSR count). The Morgan fingerprint density at radius 2 is 2.33 bits per heavy atom. The maximum Gasteiger partial charge on any atom is 0.00669 e. The third-order valence-electron chi connectivity index (χ3n) is 2.23. The van der Waals surface area contributed by atoms with E-state index in [2.05, 4.69) is 18.7 Å². The van der Waals surface area contributed by atoms with Crippen molar-refractivity contribution in [2.24, 2.45) is 0 Å². The van der Waals surface area contributed by atoms with Gasteiger partial charge in [0.1, 0.15) is 0 Å². The van der Waals surface area contributed by atoms with Gasteiger partial charge in [0.05, 0.1) is 0 Å². The first-order chi connectivity index (χ1) is 4.34. The summed E-state index contributed by atoms with van der Waals surface area (Å²) in [5.74, 6) is 0. The average molecular weight is 126 g/mol. The van der Waals surface area contributed by atoms with Crippen molar-refractivity contribution < 1.29 is 0 Å². The summed E-state index contributed by atoms with van der Waals surface area (Å²) >= 11 is 0. The van der Waals surface area contributed by atoms with Crippen LogP contribution in [0.1, 0.15) is 26.2 Å². The monoisotopic (exact) mass is 126 g/mol. The molecule has 1 aliphatic heterocycles. The molecule has 1 radical (unpaired) electrons. The van der Waals surface area contributed by atoms with Crippen LogP contribution in [0.5, 0.6) is 0 Å². The smallest absolute Gasteiger partial charge is 0.00669 e. The highest BCUT2D eigenvalue weighted by molar-refractivity contribution is 4.72. The standard InChI is InChI=1S/C8H16N/c1-3-9-7-5-4-6-8(9)2/h8H,1,3-7H2,2H3/t8-/m0/s1. The lowest BCUT2D eigenvalue weighted by Crippen LogP contribution is -2.37. The van der Waals surface area contributed by atoms with Gasteiger partial charge in [-0.05, 0) is 39.8 Å². The highest BCUT2D eigenvalue weighted by Gasteiger charge is 2.15. The molecule has 53 valence electrons. The zero-order chi connectivity index (χ0) is 6.69. The van der Waals surface area contributed by atoms with Gasteiger partial charge in [-0.25, -0.2) is 0 Å². The lowest BCUT2D eigenvalue weighted by atomic mass is 10.0. The van der Waals surface area contributed by atoms with Crippen LogP contribution in [0.3, 0.4) is 0 Å². The molecule has 0 aromatic rings. The maximum atomic E-state index is 3.89. The molecule has 1 atom stereocenters. The molecular weight excluding hydrogens is 110 g/mol. The SMILES string of the molecule is [CH2]CN1CCCC[C@@H]1C. The van der Waals surface area contributed by atoms with Crippen molar-refractivity contribution >= 4 is 0 Å². The van der Waals surface area contributed by atoms with Crippen molar-refractivity contribution in [3.05, 3.63) is 6.92 Å². The second-order valence-corrected chi connectivity index (χ2v) is 2.88. The van der Waals surface area contributed by atoms with Crippen LogP contribution in [0, 0.1) is 6.92 Å². The molecule has 1 saturated heterocycles. The fourth-order valence-corrected chi connectivity index (χ4v) is 1.49. The fourth-order valence-electron chi connectivity index (χ4n) is 1.49. The lowest BCUT2D eigenvalue weighted by Gasteiger charge is -2.31. The second-order valence-electron chi connectivity index (χ2n) is 2.88. The van der Waals surface area contributed by atoms with E-state index in [9.17, 15) is 0 Å². The first-order valence-corrected chi connectivity index (χ1v) is 3.88. The molecule has 0 aromatic carbocycles. The molecule has 0 aliphatic carbocycles. The normalized spacial score (nSPS) is 30.7. The highest BCUT2D eigenvalue weighted by atomic mass is 15.1. The molecule has 0 amide bonds. The van der Waals surface area contributed by atoms with Crippen LogP contribution < -0.4 is 0 Å². The molecule has 0 aromatic heterocycles. The van der Waals surface area contributed by atoms with Crippen molar-refractivity contribution in [3.8, 4) is 0 Å². The maximum absolute atomic E-state index is 3.89. The summed E-state index contributed by atoms with van der Waals surface area (Å²) in [5, 5.41) is 0. The first kappa shape index (κ1) is 7.07. The van der Waals surface area contributed by atoms with E-state index < -0.39 is 0 Å². The minimum absolute atomic E-state index is 0.788. The van der Waals surface area contributed by atoms with Crippen LogP contribution in [-0.2, 0) is 0 Å². The van der Waals surface area contributed by atoms with Gasteiger partial charge in [0.25, 0.3) is 0 Å². The number of rotatable bonds is 1. The molecular formula is C8H16N. The number of likely N-dealkylation sites (tertiary alicyclic amines) is 1. The van der Waals surface area contributed by atoms with Gasteiger partial charge in [0.15, 0.2) is 0 Å². The predicted molar refractivity (Wildman–Crippen MR) is 40.2 cm³/mol. The quantitative estimate of drug-likeness (QED) is 0.517. The Kier molecular flexibility index (Phi) is 2.52. The highest BCUT2D eigenvalue weighted by Crippen LogP contribution is 2.14. The zero-order valence-electron chi connectivity index (χ0n) is 6.27. The van der Waals surface area contributed by atoms with Gasteiger partial charge in [-0.15, -0.1) is 0 Å². The summed E-state index contributed by atoms with van der Waals surface area (Å²) in [6, 6.07) is 0.788. The fraction of sp³-hybridized carbons (Fsp3) is 0.875. The summed E-state index contributed by atoms with van der Waals surface area (Å²) < 4.78 is 0. The lowest BCUT2D eigenvalue weighted by molar-refractivity contribution is 0.178. The van der Waals surface area contributed by atoms with E-state index in [1.807, 2.05) is 0 Å². The molecule has 0 bridgehead atoms.